The summed E-state index contributed by atoms with van der Waals surface area (Å²) in [5.74, 6) is 1.74. The molecule has 0 unspecified atom stereocenters. The van der Waals surface area contributed by atoms with E-state index in [-0.39, 0.29) is 13.2 Å². The number of hydrogen-bond acceptors (Lipinski definition) is 8. The van der Waals surface area contributed by atoms with E-state index in [1.54, 1.807) is 10.9 Å². The average Bonchev–Trinajstić information content (AvgIpc) is 3.46. The van der Waals surface area contributed by atoms with E-state index in [4.69, 9.17) is 14.7 Å². The highest BCUT2D eigenvalue weighted by molar-refractivity contribution is 5.90. The Bertz CT molecular complexity index is 1160. The molecule has 0 spiro atoms. The molecular weight excluding hydrogens is 437 g/mol. The van der Waals surface area contributed by atoms with Gasteiger partial charge in [-0.3, -0.25) is 4.68 Å². The molecule has 5 rings (SSSR count). The quantitative estimate of drug-likeness (QED) is 0.518. The highest BCUT2D eigenvalue weighted by Crippen LogP contribution is 2.32. The largest absolute Gasteiger partial charge is 0.411 e. The van der Waals surface area contributed by atoms with Crippen molar-refractivity contribution in [1.29, 1.82) is 0 Å². The molecule has 3 aromatic rings. The van der Waals surface area contributed by atoms with Crippen LogP contribution in [0.5, 0.6) is 0 Å². The lowest BCUT2D eigenvalue weighted by Crippen LogP contribution is -2.44. The van der Waals surface area contributed by atoms with Crippen LogP contribution in [0.15, 0.2) is 18.3 Å². The first kappa shape index (κ1) is 21.8. The maximum Gasteiger partial charge on any atom is 0.411 e. The molecule has 3 aromatic heterocycles. The monoisotopic (exact) mass is 462 g/mol. The van der Waals surface area contributed by atoms with E-state index < -0.39 is 12.8 Å². The van der Waals surface area contributed by atoms with E-state index in [0.29, 0.717) is 46.4 Å². The van der Waals surface area contributed by atoms with Gasteiger partial charge in [-0.15, -0.1) is 0 Å². The van der Waals surface area contributed by atoms with Gasteiger partial charge in [-0.05, 0) is 38.0 Å². The summed E-state index contributed by atoms with van der Waals surface area (Å²) in [7, 11) is 0. The van der Waals surface area contributed by atoms with E-state index >= 15 is 0 Å². The normalized spacial score (nSPS) is 20.2. The van der Waals surface area contributed by atoms with Crippen molar-refractivity contribution >= 4 is 28.6 Å². The van der Waals surface area contributed by atoms with Gasteiger partial charge < -0.3 is 20.3 Å². The van der Waals surface area contributed by atoms with Crippen LogP contribution in [0.4, 0.5) is 30.8 Å². The van der Waals surface area contributed by atoms with Gasteiger partial charge in [-0.1, -0.05) is 0 Å². The second-order valence-electron chi connectivity index (χ2n) is 8.54. The minimum absolute atomic E-state index is 0.136. The molecule has 2 bridgehead atoms. The smallest absolute Gasteiger partial charge is 0.370 e. The molecule has 5 heterocycles. The van der Waals surface area contributed by atoms with E-state index in [9.17, 15) is 13.2 Å². The number of aromatic nitrogens is 5. The molecule has 176 valence electrons. The molecule has 9 nitrogen and oxygen atoms in total. The number of nitrogens with zero attached hydrogens (tertiary/aromatic N) is 6. The molecule has 0 aromatic carbocycles. The van der Waals surface area contributed by atoms with Crippen LogP contribution in [0.3, 0.4) is 0 Å². The number of piperazine rings is 1. The predicted molar refractivity (Wildman–Crippen MR) is 117 cm³/mol. The first-order valence-electron chi connectivity index (χ1n) is 10.9. The summed E-state index contributed by atoms with van der Waals surface area (Å²) in [6.07, 6.45) is -1.61. The fourth-order valence-electron chi connectivity index (χ4n) is 4.47. The Labute approximate surface area is 188 Å². The van der Waals surface area contributed by atoms with Gasteiger partial charge in [0, 0.05) is 31.4 Å². The number of aryl methyl sites for hydroxylation is 2. The molecule has 2 saturated heterocycles. The lowest BCUT2D eigenvalue weighted by Gasteiger charge is -2.27. The zero-order chi connectivity index (χ0) is 23.2. The maximum absolute atomic E-state index is 12.4. The minimum Gasteiger partial charge on any atom is -0.370 e. The zero-order valence-corrected chi connectivity index (χ0v) is 18.4. The molecule has 0 aliphatic carbocycles. The molecule has 33 heavy (non-hydrogen) atoms. The number of halogens is 3. The summed E-state index contributed by atoms with van der Waals surface area (Å²) in [5.41, 5.74) is 2.97. The van der Waals surface area contributed by atoms with Crippen molar-refractivity contribution in [2.75, 3.05) is 36.5 Å². The van der Waals surface area contributed by atoms with Gasteiger partial charge in [0.05, 0.1) is 18.8 Å². The highest BCUT2D eigenvalue weighted by atomic mass is 19.4. The fourth-order valence-corrected chi connectivity index (χ4v) is 4.47. The number of anilines is 3. The molecule has 0 saturated carbocycles. The van der Waals surface area contributed by atoms with E-state index in [1.807, 2.05) is 26.0 Å². The van der Waals surface area contributed by atoms with Crippen molar-refractivity contribution in [1.82, 2.24) is 30.0 Å². The van der Waals surface area contributed by atoms with Crippen LogP contribution in [-0.2, 0) is 11.3 Å². The third-order valence-electron chi connectivity index (χ3n) is 5.93. The molecule has 2 atom stereocenters. The van der Waals surface area contributed by atoms with Crippen LogP contribution in [0.1, 0.15) is 17.7 Å². The van der Waals surface area contributed by atoms with Gasteiger partial charge in [-0.25, -0.2) is 9.97 Å². The fraction of sp³-hybridized carbons (Fsp3) is 0.524. The van der Waals surface area contributed by atoms with E-state index in [1.165, 1.54) is 0 Å². The third kappa shape index (κ3) is 4.58. The van der Waals surface area contributed by atoms with Crippen LogP contribution in [0, 0.1) is 13.8 Å². The van der Waals surface area contributed by atoms with Crippen molar-refractivity contribution in [3.8, 4) is 0 Å². The van der Waals surface area contributed by atoms with Crippen molar-refractivity contribution in [3.63, 3.8) is 0 Å². The van der Waals surface area contributed by atoms with Crippen molar-refractivity contribution in [2.45, 2.75) is 45.1 Å². The van der Waals surface area contributed by atoms with Gasteiger partial charge in [0.2, 0.25) is 5.95 Å². The number of hydrogen-bond donors (Lipinski definition) is 2. The lowest BCUT2D eigenvalue weighted by atomic mass is 10.2. The Hall–Kier alpha value is -2.99. The Morgan fingerprint density at radius 1 is 1.27 bits per heavy atom. The summed E-state index contributed by atoms with van der Waals surface area (Å²) in [5, 5.41) is 11.3. The van der Waals surface area contributed by atoms with Gasteiger partial charge in [0.15, 0.2) is 5.82 Å². The molecule has 2 fully saturated rings. The standard InChI is InChI=1S/C21H25F3N8O/c1-12-3-4-25-16(7-12)27-19-18-17(13(2)30-32(18)5-6-33-11-21(22,23)24)28-20(29-19)31-10-14-8-15(31)9-26-14/h3-4,7,14-15,26H,5-6,8-11H2,1-2H3,(H,25,27,28,29)/t14-,15-/m1/s1. The molecule has 2 N–H and O–H groups in total. The Kier molecular flexibility index (Phi) is 5.57. The second-order valence-corrected chi connectivity index (χ2v) is 8.54. The first-order valence-corrected chi connectivity index (χ1v) is 10.9. The number of fused-ring (bicyclic) bond motifs is 3. The van der Waals surface area contributed by atoms with E-state index in [2.05, 4.69) is 25.6 Å². The lowest BCUT2D eigenvalue weighted by molar-refractivity contribution is -0.174. The Balaban J connectivity index is 1.50. The Morgan fingerprint density at radius 3 is 2.82 bits per heavy atom. The number of nitrogens with one attached hydrogen (secondary N) is 2. The second kappa shape index (κ2) is 8.41. The van der Waals surface area contributed by atoms with Gasteiger partial charge in [-0.2, -0.15) is 23.3 Å². The molecule has 2 aliphatic rings. The third-order valence-corrected chi connectivity index (χ3v) is 5.93. The summed E-state index contributed by atoms with van der Waals surface area (Å²) in [4.78, 5) is 16.2. The number of pyridine rings is 1. The van der Waals surface area contributed by atoms with Crippen LogP contribution in [0.2, 0.25) is 0 Å². The van der Waals surface area contributed by atoms with Gasteiger partial charge in [0.1, 0.15) is 23.5 Å². The number of alkyl halides is 3. The maximum atomic E-state index is 12.4. The van der Waals surface area contributed by atoms with Crippen LogP contribution >= 0.6 is 0 Å². The average molecular weight is 462 g/mol. The molecule has 0 amide bonds. The van der Waals surface area contributed by atoms with Crippen molar-refractivity contribution in [3.05, 3.63) is 29.6 Å². The first-order chi connectivity index (χ1) is 15.8. The summed E-state index contributed by atoms with van der Waals surface area (Å²) < 4.78 is 43.7. The number of ether oxygens (including phenoxy) is 1. The van der Waals surface area contributed by atoms with Gasteiger partial charge >= 0.3 is 6.18 Å². The molecular formula is C21H25F3N8O. The Morgan fingerprint density at radius 2 is 2.12 bits per heavy atom. The van der Waals surface area contributed by atoms with Crippen LogP contribution < -0.4 is 15.5 Å². The van der Waals surface area contributed by atoms with E-state index in [0.717, 1.165) is 25.1 Å². The summed E-state index contributed by atoms with van der Waals surface area (Å²) in [6.45, 7) is 4.22. The van der Waals surface area contributed by atoms with Crippen LogP contribution in [0.25, 0.3) is 11.0 Å². The predicted octanol–water partition coefficient (Wildman–Crippen LogP) is 2.71. The highest BCUT2D eigenvalue weighted by Gasteiger charge is 2.39. The molecule has 2 aliphatic heterocycles. The summed E-state index contributed by atoms with van der Waals surface area (Å²) >= 11 is 0. The summed E-state index contributed by atoms with van der Waals surface area (Å²) in [6, 6.07) is 4.56. The van der Waals surface area contributed by atoms with Crippen LogP contribution in [-0.4, -0.2) is 69.3 Å². The van der Waals surface area contributed by atoms with Crippen molar-refractivity contribution < 1.29 is 17.9 Å². The number of rotatable bonds is 7. The molecule has 0 radical (unpaired) electrons. The van der Waals surface area contributed by atoms with Gasteiger partial charge in [0.25, 0.3) is 0 Å². The topological polar surface area (TPSA) is 93.0 Å². The zero-order valence-electron chi connectivity index (χ0n) is 18.4. The SMILES string of the molecule is Cc1ccnc(Nc2nc(N3C[C@H]4C[C@@H]3CN4)nc3c(C)nn(CCOCC(F)(F)F)c23)c1. The van der Waals surface area contributed by atoms with Crippen molar-refractivity contribution in [2.24, 2.45) is 0 Å². The minimum atomic E-state index is -4.37. The molecule has 12 heteroatoms.